The molecular formula is C13H27O6P. The Morgan fingerprint density at radius 2 is 1.55 bits per heavy atom. The van der Waals surface area contributed by atoms with Gasteiger partial charge in [-0.1, -0.05) is 13.3 Å². The number of carbonyl (C=O) groups excluding carboxylic acids is 1. The van der Waals surface area contributed by atoms with Gasteiger partial charge in [0.05, 0.1) is 13.2 Å². The van der Waals surface area contributed by atoms with E-state index in [1.165, 1.54) is 21.1 Å². The molecule has 0 saturated heterocycles. The molecule has 0 aliphatic carbocycles. The van der Waals surface area contributed by atoms with Crippen molar-refractivity contribution in [2.24, 2.45) is 0 Å². The molecule has 0 aromatic heterocycles. The van der Waals surface area contributed by atoms with Crippen molar-refractivity contribution in [1.82, 2.24) is 0 Å². The zero-order chi connectivity index (χ0) is 15.8. The number of rotatable bonds is 11. The molecule has 0 fully saturated rings. The van der Waals surface area contributed by atoms with Gasteiger partial charge in [-0.2, -0.15) is 0 Å². The van der Waals surface area contributed by atoms with Crippen LogP contribution in [0.25, 0.3) is 0 Å². The largest absolute Gasteiger partial charge is 0.347 e. The van der Waals surface area contributed by atoms with Crippen LogP contribution >= 0.6 is 7.60 Å². The first kappa shape index (κ1) is 19.7. The average molecular weight is 310 g/mol. The molecule has 0 aromatic rings. The van der Waals surface area contributed by atoms with E-state index in [-0.39, 0.29) is 13.2 Å². The highest BCUT2D eigenvalue weighted by molar-refractivity contribution is 7.55. The van der Waals surface area contributed by atoms with E-state index >= 15 is 0 Å². The number of hydrogen-bond acceptors (Lipinski definition) is 6. The van der Waals surface area contributed by atoms with Crippen molar-refractivity contribution >= 4 is 13.4 Å². The molecule has 1 unspecified atom stereocenters. The van der Waals surface area contributed by atoms with Crippen LogP contribution < -0.4 is 0 Å². The van der Waals surface area contributed by atoms with Crippen LogP contribution in [0.15, 0.2) is 0 Å². The topological polar surface area (TPSA) is 71.1 Å². The third-order valence-electron chi connectivity index (χ3n) is 3.09. The van der Waals surface area contributed by atoms with E-state index in [9.17, 15) is 9.36 Å². The van der Waals surface area contributed by atoms with E-state index in [0.29, 0.717) is 12.8 Å². The van der Waals surface area contributed by atoms with Crippen molar-refractivity contribution in [3.63, 3.8) is 0 Å². The van der Waals surface area contributed by atoms with Crippen molar-refractivity contribution in [2.75, 3.05) is 27.4 Å². The lowest BCUT2D eigenvalue weighted by Gasteiger charge is -2.32. The highest BCUT2D eigenvalue weighted by atomic mass is 31.2. The predicted molar refractivity (Wildman–Crippen MR) is 77.0 cm³/mol. The third-order valence-corrected chi connectivity index (χ3v) is 5.58. The maximum Gasteiger partial charge on any atom is 0.341 e. The summed E-state index contributed by atoms with van der Waals surface area (Å²) in [6.45, 7) is 7.25. The summed E-state index contributed by atoms with van der Waals surface area (Å²) in [6, 6.07) is 0. The lowest BCUT2D eigenvalue weighted by molar-refractivity contribution is -0.199. The molecule has 0 bridgehead atoms. The number of methoxy groups -OCH3 is 2. The van der Waals surface area contributed by atoms with Gasteiger partial charge in [0.15, 0.2) is 0 Å². The van der Waals surface area contributed by atoms with E-state index in [0.717, 1.165) is 0 Å². The maximum atomic E-state index is 12.8. The number of carbonyl (C=O) groups is 1. The summed E-state index contributed by atoms with van der Waals surface area (Å²) in [5, 5.41) is 0. The smallest absolute Gasteiger partial charge is 0.341 e. The van der Waals surface area contributed by atoms with Crippen LogP contribution in [0.5, 0.6) is 0 Å². The van der Waals surface area contributed by atoms with E-state index < -0.39 is 24.8 Å². The zero-order valence-electron chi connectivity index (χ0n) is 13.3. The number of ketones is 1. The number of Topliss-reactive ketones (excluding diaryl/α,β-unsaturated/α-hetero) is 1. The molecule has 6 nitrogen and oxygen atoms in total. The van der Waals surface area contributed by atoms with Crippen molar-refractivity contribution in [3.8, 4) is 0 Å². The first-order valence-electron chi connectivity index (χ1n) is 6.88. The Balaban J connectivity index is 5.49. The lowest BCUT2D eigenvalue weighted by Crippen LogP contribution is -2.46. The molecule has 0 aromatic carbocycles. The first-order valence-corrected chi connectivity index (χ1v) is 8.49. The molecule has 7 heteroatoms. The quantitative estimate of drug-likeness (QED) is 0.431. The van der Waals surface area contributed by atoms with Crippen LogP contribution in [0.2, 0.25) is 0 Å². The van der Waals surface area contributed by atoms with Gasteiger partial charge in [0.25, 0.3) is 0 Å². The van der Waals surface area contributed by atoms with Gasteiger partial charge in [-0.05, 0) is 27.2 Å². The van der Waals surface area contributed by atoms with Crippen LogP contribution in [0, 0.1) is 0 Å². The van der Waals surface area contributed by atoms with E-state index in [4.69, 9.17) is 18.5 Å². The van der Waals surface area contributed by atoms with Gasteiger partial charge in [-0.15, -0.1) is 0 Å². The maximum absolute atomic E-state index is 12.8. The Hall–Kier alpha value is -0.260. The molecule has 0 aliphatic rings. The molecule has 0 saturated carbocycles. The van der Waals surface area contributed by atoms with Gasteiger partial charge < -0.3 is 18.5 Å². The van der Waals surface area contributed by atoms with E-state index in [1.54, 1.807) is 13.8 Å². The van der Waals surface area contributed by atoms with Crippen LogP contribution in [-0.4, -0.2) is 44.7 Å². The molecule has 0 rings (SSSR count). The summed E-state index contributed by atoms with van der Waals surface area (Å²) >= 11 is 0. The second-order valence-corrected chi connectivity index (χ2v) is 6.62. The van der Waals surface area contributed by atoms with Crippen molar-refractivity contribution in [3.05, 3.63) is 0 Å². The minimum absolute atomic E-state index is 0.210. The van der Waals surface area contributed by atoms with E-state index in [2.05, 4.69) is 0 Å². The van der Waals surface area contributed by atoms with Crippen LogP contribution in [0.4, 0.5) is 0 Å². The molecule has 120 valence electrons. The van der Waals surface area contributed by atoms with Gasteiger partial charge in [-0.3, -0.25) is 9.36 Å². The third kappa shape index (κ3) is 4.64. The Morgan fingerprint density at radius 3 is 1.85 bits per heavy atom. The monoisotopic (exact) mass is 310 g/mol. The Morgan fingerprint density at radius 1 is 1.10 bits per heavy atom. The van der Waals surface area contributed by atoms with Gasteiger partial charge in [0.2, 0.25) is 11.6 Å². The summed E-state index contributed by atoms with van der Waals surface area (Å²) in [5.74, 6) is -1.88. The lowest BCUT2D eigenvalue weighted by atomic mass is 10.1. The highest BCUT2D eigenvalue weighted by Crippen LogP contribution is 2.55. The Labute approximate surface area is 121 Å². The minimum Gasteiger partial charge on any atom is -0.347 e. The fourth-order valence-corrected chi connectivity index (χ4v) is 4.12. The van der Waals surface area contributed by atoms with Crippen LogP contribution in [-0.2, 0) is 27.9 Å². The SMILES string of the molecule is CCCC(C(=O)C(C)(OC)OC)P(=O)(OCC)OCC. The second kappa shape index (κ2) is 8.90. The molecule has 0 spiro atoms. The molecule has 0 heterocycles. The predicted octanol–water partition coefficient (Wildman–Crippen LogP) is 3.00. The summed E-state index contributed by atoms with van der Waals surface area (Å²) in [6.07, 6.45) is 1.06. The van der Waals surface area contributed by atoms with Gasteiger partial charge in [-0.25, -0.2) is 0 Å². The molecule has 0 N–H and O–H groups in total. The normalized spacial score (nSPS) is 14.3. The van der Waals surface area contributed by atoms with E-state index in [1.807, 2.05) is 6.92 Å². The van der Waals surface area contributed by atoms with Crippen molar-refractivity contribution in [1.29, 1.82) is 0 Å². The van der Waals surface area contributed by atoms with Crippen molar-refractivity contribution in [2.45, 2.75) is 52.0 Å². The molecule has 0 radical (unpaired) electrons. The zero-order valence-corrected chi connectivity index (χ0v) is 14.2. The molecule has 0 amide bonds. The van der Waals surface area contributed by atoms with Gasteiger partial charge in [0.1, 0.15) is 5.66 Å². The molecule has 0 aliphatic heterocycles. The minimum atomic E-state index is -3.53. The van der Waals surface area contributed by atoms with Crippen LogP contribution in [0.3, 0.4) is 0 Å². The highest BCUT2D eigenvalue weighted by Gasteiger charge is 2.48. The second-order valence-electron chi connectivity index (χ2n) is 4.40. The Kier molecular flexibility index (Phi) is 8.79. The van der Waals surface area contributed by atoms with Gasteiger partial charge in [0, 0.05) is 14.2 Å². The average Bonchev–Trinajstić information content (AvgIpc) is 2.43. The fourth-order valence-electron chi connectivity index (χ4n) is 1.87. The summed E-state index contributed by atoms with van der Waals surface area (Å²) in [4.78, 5) is 12.6. The molecule has 20 heavy (non-hydrogen) atoms. The first-order chi connectivity index (χ1) is 9.35. The van der Waals surface area contributed by atoms with Crippen molar-refractivity contribution < 1.29 is 27.9 Å². The summed E-state index contributed by atoms with van der Waals surface area (Å²) in [5.41, 5.74) is -0.891. The summed E-state index contributed by atoms with van der Waals surface area (Å²) in [7, 11) is -0.791. The fraction of sp³-hybridized carbons (Fsp3) is 0.923. The van der Waals surface area contributed by atoms with Crippen LogP contribution in [0.1, 0.15) is 40.5 Å². The molecular weight excluding hydrogens is 283 g/mol. The standard InChI is InChI=1S/C13H27O6P/c1-7-10-11(12(14)13(4,16-5)17-6)20(15,18-8-2)19-9-3/h11H,7-10H2,1-6H3. The van der Waals surface area contributed by atoms with Gasteiger partial charge >= 0.3 is 7.60 Å². The number of hydrogen-bond donors (Lipinski definition) is 0. The molecule has 1 atom stereocenters. The summed E-state index contributed by atoms with van der Waals surface area (Å²) < 4.78 is 33.7. The number of ether oxygens (including phenoxy) is 2. The Bertz CT molecular complexity index is 330.